The maximum Gasteiger partial charge on any atom is 0.226 e. The van der Waals surface area contributed by atoms with E-state index in [0.29, 0.717) is 0 Å². The summed E-state index contributed by atoms with van der Waals surface area (Å²) in [6, 6.07) is 19.2. The third kappa shape index (κ3) is 3.51. The van der Waals surface area contributed by atoms with Gasteiger partial charge in [-0.05, 0) is 49.3 Å². The minimum Gasteiger partial charge on any atom is -0.308 e. The molecule has 2 aliphatic rings. The monoisotopic (exact) mass is 461 g/mol. The van der Waals surface area contributed by atoms with Crippen molar-refractivity contribution in [3.05, 3.63) is 94.7 Å². The van der Waals surface area contributed by atoms with Crippen molar-refractivity contribution in [3.63, 3.8) is 0 Å². The fraction of sp³-hybridized carbons (Fsp3) is 0.367. The van der Waals surface area contributed by atoms with Gasteiger partial charge in [0.2, 0.25) is 5.70 Å². The molecule has 1 heterocycles. The number of Topliss-reactive ketones (excluding diaryl/α,β-unsaturated/α-hetero) is 1. The van der Waals surface area contributed by atoms with E-state index in [0.717, 1.165) is 42.0 Å². The molecule has 0 saturated carbocycles. The molecule has 34 heavy (non-hydrogen) atoms. The summed E-state index contributed by atoms with van der Waals surface area (Å²) in [6.07, 6.45) is 7.10. The third-order valence-corrected chi connectivity index (χ3v) is 7.79. The molecule has 0 fully saturated rings. The Labute approximate surface area is 208 Å². The van der Waals surface area contributed by atoms with Crippen molar-refractivity contribution >= 4 is 5.78 Å². The van der Waals surface area contributed by atoms with Crippen molar-refractivity contribution in [1.29, 1.82) is 0 Å². The van der Waals surface area contributed by atoms with Crippen LogP contribution in [0.4, 0.5) is 0 Å². The van der Waals surface area contributed by atoms with Crippen LogP contribution in [0.3, 0.4) is 0 Å². The molecular weight excluding hydrogens is 418 g/mol. The number of aromatic nitrogens is 2. The van der Waals surface area contributed by atoms with Gasteiger partial charge in [-0.2, -0.15) is 0 Å². The molecule has 4 nitrogen and oxygen atoms in total. The lowest BCUT2D eigenvalue weighted by Gasteiger charge is -2.44. The first kappa shape index (κ1) is 20.0. The number of carbonyl (C=O) groups excluding carboxylic acids is 1. The van der Waals surface area contributed by atoms with Crippen LogP contribution < -0.4 is 0 Å². The Morgan fingerprint density at radius 2 is 2.03 bits per heavy atom. The van der Waals surface area contributed by atoms with Gasteiger partial charge in [-0.1, -0.05) is 75.7 Å². The Bertz CT molecular complexity index is 1330. The molecule has 4 heteroatoms. The summed E-state index contributed by atoms with van der Waals surface area (Å²) < 4.78 is 22.3. The van der Waals surface area contributed by atoms with Crippen molar-refractivity contribution < 1.29 is 10.7 Å². The van der Waals surface area contributed by atoms with E-state index in [1.807, 2.05) is 31.2 Å². The van der Waals surface area contributed by atoms with Gasteiger partial charge in [0.1, 0.15) is 5.82 Å². The molecule has 3 aromatic rings. The first-order valence-corrected chi connectivity index (χ1v) is 12.4. The van der Waals surface area contributed by atoms with Crippen molar-refractivity contribution in [2.75, 3.05) is 0 Å². The highest BCUT2D eigenvalue weighted by molar-refractivity contribution is 6.00. The molecule has 3 atom stereocenters. The summed E-state index contributed by atoms with van der Waals surface area (Å²) in [4.78, 5) is 21.7. The van der Waals surface area contributed by atoms with Crippen LogP contribution in [0.15, 0.2) is 66.4 Å². The smallest absolute Gasteiger partial charge is 0.226 e. The molecule has 0 bridgehead atoms. The number of carbonyl (C=O) groups is 1. The highest BCUT2D eigenvalue weighted by atomic mass is 16.1. The van der Waals surface area contributed by atoms with Crippen LogP contribution in [0.5, 0.6) is 0 Å². The van der Waals surface area contributed by atoms with E-state index in [9.17, 15) is 4.79 Å². The maximum atomic E-state index is 12.8. The van der Waals surface area contributed by atoms with Gasteiger partial charge in [0, 0.05) is 34.2 Å². The van der Waals surface area contributed by atoms with Gasteiger partial charge in [0.05, 0.1) is 12.3 Å². The molecule has 1 aromatic heterocycles. The van der Waals surface area contributed by atoms with E-state index in [2.05, 4.69) is 59.7 Å². The van der Waals surface area contributed by atoms with E-state index >= 15 is 0 Å². The second-order valence-corrected chi connectivity index (χ2v) is 9.93. The molecule has 0 aliphatic heterocycles. The summed E-state index contributed by atoms with van der Waals surface area (Å²) in [6.45, 7) is 14.0. The van der Waals surface area contributed by atoms with Crippen LogP contribution in [0.25, 0.3) is 21.9 Å². The average Bonchev–Trinajstić information content (AvgIpc) is 3.38. The van der Waals surface area contributed by atoms with Crippen molar-refractivity contribution in [3.8, 4) is 17.1 Å². The van der Waals surface area contributed by atoms with Gasteiger partial charge in [-0.25, -0.2) is 9.83 Å². The van der Waals surface area contributed by atoms with Gasteiger partial charge in [-0.15, -0.1) is 0 Å². The fourth-order valence-corrected chi connectivity index (χ4v) is 5.98. The predicted octanol–water partition coefficient (Wildman–Crippen LogP) is 7.22. The van der Waals surface area contributed by atoms with Crippen LogP contribution in [-0.2, 0) is 23.1 Å². The number of rotatable bonds is 5. The van der Waals surface area contributed by atoms with Gasteiger partial charge in [0.15, 0.2) is 5.78 Å². The Kier molecular flexibility index (Phi) is 5.12. The number of allylic oxidation sites excluding steroid dienone is 2. The number of fused-ring (bicyclic) bond motifs is 3. The van der Waals surface area contributed by atoms with Gasteiger partial charge in [0.25, 0.3) is 0 Å². The summed E-state index contributed by atoms with van der Waals surface area (Å²) in [5.41, 5.74) is 5.59. The first-order chi connectivity index (χ1) is 18.5. The second-order valence-electron chi connectivity index (χ2n) is 9.93. The SMILES string of the molecule is [3H][3H].[3H][3H].[C-]#[N+]C1=C[C@]2(C)c3nc(-c4ccccc4)n(-c4cccc(CCCC)c4)c3CC[C@H]2[C@H](C)C1=O. The summed E-state index contributed by atoms with van der Waals surface area (Å²) in [7, 11) is 0. The number of imidazole rings is 1. The summed E-state index contributed by atoms with van der Waals surface area (Å²) in [5.74, 6) is 0.894. The molecule has 176 valence electrons. The van der Waals surface area contributed by atoms with Crippen LogP contribution in [0.1, 0.15) is 62.9 Å². The zero-order valence-electron chi connectivity index (χ0n) is 24.2. The lowest BCUT2D eigenvalue weighted by Crippen LogP contribution is -2.45. The van der Waals surface area contributed by atoms with E-state index in [1.165, 1.54) is 24.1 Å². The maximum absolute atomic E-state index is 12.8. The van der Waals surface area contributed by atoms with Gasteiger partial charge in [-0.3, -0.25) is 4.57 Å². The lowest BCUT2D eigenvalue weighted by atomic mass is 9.59. The molecule has 5 rings (SSSR count). The predicted molar refractivity (Wildman–Crippen MR) is 140 cm³/mol. The van der Waals surface area contributed by atoms with E-state index < -0.39 is 5.41 Å². The normalized spacial score (nSPS) is 24.1. The fourth-order valence-electron chi connectivity index (χ4n) is 5.98. The van der Waals surface area contributed by atoms with Crippen LogP contribution in [-0.4, -0.2) is 15.3 Å². The molecule has 0 radical (unpaired) electrons. The third-order valence-electron chi connectivity index (χ3n) is 7.79. The van der Waals surface area contributed by atoms with E-state index in [1.54, 1.807) is 0 Å². The average molecular weight is 462 g/mol. The molecule has 2 aromatic carbocycles. The minimum atomic E-state index is -0.435. The number of ketones is 1. The molecule has 0 saturated heterocycles. The van der Waals surface area contributed by atoms with E-state index in [-0.39, 0.29) is 23.3 Å². The second kappa shape index (κ2) is 8.72. The number of aryl methyl sites for hydroxylation is 1. The number of nitrogens with zero attached hydrogens (tertiary/aromatic N) is 3. The zero-order valence-corrected chi connectivity index (χ0v) is 20.2. The number of unbranched alkanes of at least 4 members (excludes halogenated alkanes) is 1. The highest BCUT2D eigenvalue weighted by Crippen LogP contribution is 2.51. The Hall–Kier alpha value is -3.45. The Morgan fingerprint density at radius 3 is 2.76 bits per heavy atom. The number of benzene rings is 2. The van der Waals surface area contributed by atoms with Crippen molar-refractivity contribution in [1.82, 2.24) is 9.55 Å². The van der Waals surface area contributed by atoms with Gasteiger partial charge < -0.3 is 4.79 Å². The summed E-state index contributed by atoms with van der Waals surface area (Å²) >= 11 is 0. The zero-order chi connectivity index (χ0) is 27.9. The molecule has 0 unspecified atom stereocenters. The van der Waals surface area contributed by atoms with Crippen molar-refractivity contribution in [2.45, 2.75) is 58.3 Å². The quantitative estimate of drug-likeness (QED) is 0.376. The molecule has 0 N–H and O–H groups in total. The first-order valence-electron chi connectivity index (χ1n) is 14.4. The topological polar surface area (TPSA) is 39.2 Å². The molecule has 0 spiro atoms. The minimum absolute atomic E-state index is 0.0211. The van der Waals surface area contributed by atoms with E-state index in [4.69, 9.17) is 17.5 Å². The number of hydrogen-bond donors (Lipinski definition) is 0. The van der Waals surface area contributed by atoms with Crippen molar-refractivity contribution in [2.24, 2.45) is 11.8 Å². The number of hydrogen-bond acceptors (Lipinski definition) is 2. The standard InChI is InChI=1S/C30H31N3O.2H2/c1-5-6-11-21-12-10-15-23(18-21)33-26-17-16-24-20(2)27(34)25(31-4)19-30(24,3)28(26)32-29(33)22-13-8-7-9-14-22;;/h7-10,12-15,18-20,24H,5-6,11,16-17H2,1-3H3;2*1H/t20-,24-,30-;;/m0../s1/i;2*1+2T. The highest BCUT2D eigenvalue weighted by Gasteiger charge is 2.50. The Balaban J connectivity index is 0.000000956. The molecule has 2 aliphatic carbocycles. The van der Waals surface area contributed by atoms with Crippen LogP contribution in [0.2, 0.25) is 0 Å². The molecule has 0 amide bonds. The lowest BCUT2D eigenvalue weighted by molar-refractivity contribution is -0.121. The Morgan fingerprint density at radius 1 is 1.24 bits per heavy atom. The van der Waals surface area contributed by atoms with Crippen LogP contribution >= 0.6 is 0 Å². The molecular formula is C30H35N3O. The summed E-state index contributed by atoms with van der Waals surface area (Å²) in [5, 5.41) is 0. The van der Waals surface area contributed by atoms with Crippen LogP contribution in [0, 0.1) is 18.4 Å². The largest absolute Gasteiger partial charge is 0.308 e. The van der Waals surface area contributed by atoms with Gasteiger partial charge >= 0.3 is 0 Å².